The van der Waals surface area contributed by atoms with Crippen molar-refractivity contribution in [3.05, 3.63) is 35.2 Å². The summed E-state index contributed by atoms with van der Waals surface area (Å²) in [5.41, 5.74) is 0.873. The number of halogens is 1. The van der Waals surface area contributed by atoms with E-state index in [0.29, 0.717) is 10.9 Å². The predicted molar refractivity (Wildman–Crippen MR) is 69.4 cm³/mol. The van der Waals surface area contributed by atoms with E-state index in [9.17, 15) is 0 Å². The first-order chi connectivity index (χ1) is 8.34. The molecule has 0 atom stereocenters. The molecule has 1 N–H and O–H groups in total. The van der Waals surface area contributed by atoms with Gasteiger partial charge in [-0.05, 0) is 32.0 Å². The molecule has 3 nitrogen and oxygen atoms in total. The van der Waals surface area contributed by atoms with Crippen molar-refractivity contribution in [3.8, 4) is 0 Å². The van der Waals surface area contributed by atoms with E-state index in [0.717, 1.165) is 42.7 Å². The van der Waals surface area contributed by atoms with Crippen molar-refractivity contribution >= 4 is 22.5 Å². The molecule has 0 radical (unpaired) electrons. The molecule has 1 aliphatic rings. The first-order valence-electron chi connectivity index (χ1n) is 5.96. The van der Waals surface area contributed by atoms with Crippen LogP contribution in [-0.4, -0.2) is 23.1 Å². The van der Waals surface area contributed by atoms with E-state index in [2.05, 4.69) is 15.3 Å². The van der Waals surface area contributed by atoms with E-state index in [1.54, 1.807) is 0 Å². The van der Waals surface area contributed by atoms with Gasteiger partial charge in [-0.3, -0.25) is 0 Å². The fourth-order valence-electron chi connectivity index (χ4n) is 2.31. The average Bonchev–Trinajstić information content (AvgIpc) is 2.40. The lowest BCUT2D eigenvalue weighted by Crippen LogP contribution is -2.27. The Morgan fingerprint density at radius 3 is 2.88 bits per heavy atom. The lowest BCUT2D eigenvalue weighted by atomic mass is 9.97. The lowest BCUT2D eigenvalue weighted by molar-refractivity contribution is 0.446. The highest BCUT2D eigenvalue weighted by molar-refractivity contribution is 6.34. The van der Waals surface area contributed by atoms with Crippen LogP contribution in [0.1, 0.15) is 24.6 Å². The lowest BCUT2D eigenvalue weighted by Gasteiger charge is -2.21. The Balaban J connectivity index is 2.03. The Kier molecular flexibility index (Phi) is 2.95. The second-order valence-electron chi connectivity index (χ2n) is 4.43. The van der Waals surface area contributed by atoms with E-state index >= 15 is 0 Å². The number of piperidine rings is 1. The van der Waals surface area contributed by atoms with Crippen LogP contribution in [0.3, 0.4) is 0 Å². The van der Waals surface area contributed by atoms with Crippen LogP contribution in [0.15, 0.2) is 24.4 Å². The van der Waals surface area contributed by atoms with E-state index in [1.165, 1.54) is 0 Å². The highest BCUT2D eigenvalue weighted by Crippen LogP contribution is 2.26. The highest BCUT2D eigenvalue weighted by atomic mass is 35.5. The third kappa shape index (κ3) is 2.13. The number of nitrogens with zero attached hydrogens (tertiary/aromatic N) is 2. The minimum Gasteiger partial charge on any atom is -0.317 e. The van der Waals surface area contributed by atoms with Gasteiger partial charge in [-0.1, -0.05) is 23.7 Å². The number of fused-ring (bicyclic) bond motifs is 1. The van der Waals surface area contributed by atoms with Crippen molar-refractivity contribution in [3.63, 3.8) is 0 Å². The molecule has 2 aromatic rings. The number of nitrogens with one attached hydrogen (secondary N) is 1. The Bertz CT molecular complexity index is 535. The van der Waals surface area contributed by atoms with Crippen LogP contribution < -0.4 is 5.32 Å². The van der Waals surface area contributed by atoms with Gasteiger partial charge in [-0.25, -0.2) is 9.97 Å². The molecule has 17 heavy (non-hydrogen) atoms. The quantitative estimate of drug-likeness (QED) is 0.842. The largest absolute Gasteiger partial charge is 0.317 e. The molecule has 4 heteroatoms. The SMILES string of the molecule is Clc1cccc2cnc(C3CCNCC3)nc12. The summed E-state index contributed by atoms with van der Waals surface area (Å²) in [4.78, 5) is 9.10. The van der Waals surface area contributed by atoms with Crippen LogP contribution in [0.4, 0.5) is 0 Å². The van der Waals surface area contributed by atoms with E-state index in [4.69, 9.17) is 11.6 Å². The van der Waals surface area contributed by atoms with Gasteiger partial charge in [-0.2, -0.15) is 0 Å². The molecule has 0 bridgehead atoms. The minimum absolute atomic E-state index is 0.469. The van der Waals surface area contributed by atoms with Gasteiger partial charge in [0.1, 0.15) is 5.82 Å². The van der Waals surface area contributed by atoms with Gasteiger partial charge < -0.3 is 5.32 Å². The molecule has 88 valence electrons. The predicted octanol–water partition coefficient (Wildman–Crippen LogP) is 2.75. The summed E-state index contributed by atoms with van der Waals surface area (Å²) in [5, 5.41) is 5.07. The maximum atomic E-state index is 6.17. The van der Waals surface area contributed by atoms with Crippen LogP contribution in [0.5, 0.6) is 0 Å². The summed E-state index contributed by atoms with van der Waals surface area (Å²) in [5.74, 6) is 1.41. The standard InChI is InChI=1S/C13H14ClN3/c14-11-3-1-2-10-8-16-13(17-12(10)11)9-4-6-15-7-5-9/h1-3,8-9,15H,4-7H2. The molecule has 0 amide bonds. The van der Waals surface area contributed by atoms with Gasteiger partial charge in [0.05, 0.1) is 10.5 Å². The molecule has 0 saturated carbocycles. The van der Waals surface area contributed by atoms with Gasteiger partial charge in [0.15, 0.2) is 0 Å². The van der Waals surface area contributed by atoms with Crippen LogP contribution in [-0.2, 0) is 0 Å². The Hall–Kier alpha value is -1.19. The van der Waals surface area contributed by atoms with E-state index in [1.807, 2.05) is 24.4 Å². The molecule has 2 heterocycles. The zero-order chi connectivity index (χ0) is 11.7. The number of para-hydroxylation sites is 1. The summed E-state index contributed by atoms with van der Waals surface area (Å²) in [7, 11) is 0. The Morgan fingerprint density at radius 2 is 2.06 bits per heavy atom. The van der Waals surface area contributed by atoms with Crippen molar-refractivity contribution in [2.24, 2.45) is 0 Å². The molecule has 1 saturated heterocycles. The molecule has 1 fully saturated rings. The zero-order valence-electron chi connectivity index (χ0n) is 9.49. The van der Waals surface area contributed by atoms with Gasteiger partial charge in [0.2, 0.25) is 0 Å². The number of aromatic nitrogens is 2. The fourth-order valence-corrected chi connectivity index (χ4v) is 2.53. The topological polar surface area (TPSA) is 37.8 Å². The third-order valence-electron chi connectivity index (χ3n) is 3.28. The first kappa shape index (κ1) is 10.9. The van der Waals surface area contributed by atoms with Crippen molar-refractivity contribution in [2.75, 3.05) is 13.1 Å². The Morgan fingerprint density at radius 1 is 1.24 bits per heavy atom. The molecular formula is C13H14ClN3. The van der Waals surface area contributed by atoms with Crippen LogP contribution in [0.25, 0.3) is 10.9 Å². The molecule has 0 unspecified atom stereocenters. The summed E-state index contributed by atoms with van der Waals surface area (Å²) in [6.07, 6.45) is 4.09. The van der Waals surface area contributed by atoms with Gasteiger partial charge in [0.25, 0.3) is 0 Å². The summed E-state index contributed by atoms with van der Waals surface area (Å²) in [6.45, 7) is 2.10. The number of benzene rings is 1. The third-order valence-corrected chi connectivity index (χ3v) is 3.59. The van der Waals surface area contributed by atoms with Crippen molar-refractivity contribution in [1.82, 2.24) is 15.3 Å². The number of hydrogen-bond acceptors (Lipinski definition) is 3. The van der Waals surface area contributed by atoms with E-state index < -0.39 is 0 Å². The smallest absolute Gasteiger partial charge is 0.132 e. The van der Waals surface area contributed by atoms with Crippen molar-refractivity contribution < 1.29 is 0 Å². The summed E-state index contributed by atoms with van der Waals surface area (Å²) >= 11 is 6.17. The van der Waals surface area contributed by atoms with Gasteiger partial charge in [0, 0.05) is 17.5 Å². The molecule has 1 aromatic carbocycles. The second-order valence-corrected chi connectivity index (χ2v) is 4.84. The van der Waals surface area contributed by atoms with Crippen LogP contribution in [0.2, 0.25) is 5.02 Å². The molecular weight excluding hydrogens is 234 g/mol. The second kappa shape index (κ2) is 4.59. The highest BCUT2D eigenvalue weighted by Gasteiger charge is 2.18. The van der Waals surface area contributed by atoms with Crippen LogP contribution >= 0.6 is 11.6 Å². The molecule has 1 aliphatic heterocycles. The Labute approximate surface area is 105 Å². The average molecular weight is 248 g/mol. The van der Waals surface area contributed by atoms with Gasteiger partial charge in [-0.15, -0.1) is 0 Å². The summed E-state index contributed by atoms with van der Waals surface area (Å²) < 4.78 is 0. The first-order valence-corrected chi connectivity index (χ1v) is 6.34. The van der Waals surface area contributed by atoms with Gasteiger partial charge >= 0.3 is 0 Å². The molecule has 1 aromatic heterocycles. The van der Waals surface area contributed by atoms with Crippen molar-refractivity contribution in [2.45, 2.75) is 18.8 Å². The zero-order valence-corrected chi connectivity index (χ0v) is 10.2. The van der Waals surface area contributed by atoms with E-state index in [-0.39, 0.29) is 0 Å². The molecule has 0 spiro atoms. The minimum atomic E-state index is 0.469. The van der Waals surface area contributed by atoms with Crippen molar-refractivity contribution in [1.29, 1.82) is 0 Å². The molecule has 3 rings (SSSR count). The number of hydrogen-bond donors (Lipinski definition) is 1. The normalized spacial score (nSPS) is 17.5. The monoisotopic (exact) mass is 247 g/mol. The fraction of sp³-hybridized carbons (Fsp3) is 0.385. The maximum Gasteiger partial charge on any atom is 0.132 e. The summed E-state index contributed by atoms with van der Waals surface area (Å²) in [6, 6.07) is 5.80. The maximum absolute atomic E-state index is 6.17. The molecule has 0 aliphatic carbocycles. The number of rotatable bonds is 1. The van der Waals surface area contributed by atoms with Crippen LogP contribution in [0, 0.1) is 0 Å².